The number of carboxylic acid groups (broad SMARTS) is 1. The van der Waals surface area contributed by atoms with E-state index in [-0.39, 0.29) is 5.56 Å². The van der Waals surface area contributed by atoms with E-state index in [1.165, 1.54) is 6.07 Å². The fraction of sp³-hybridized carbons (Fsp3) is 0.273. The quantitative estimate of drug-likeness (QED) is 0.654. The molecule has 0 aromatic heterocycles. The van der Waals surface area contributed by atoms with Gasteiger partial charge in [0.1, 0.15) is 0 Å². The van der Waals surface area contributed by atoms with E-state index in [2.05, 4.69) is 4.74 Å². The van der Waals surface area contributed by atoms with Crippen molar-refractivity contribution in [2.45, 2.75) is 12.8 Å². The van der Waals surface area contributed by atoms with Crippen molar-refractivity contribution in [2.24, 2.45) is 0 Å². The minimum absolute atomic E-state index is 0.142. The molecule has 1 N–H and O–H groups in total. The molecule has 7 heteroatoms. The van der Waals surface area contributed by atoms with Crippen molar-refractivity contribution in [3.05, 3.63) is 32.9 Å². The number of esters is 1. The zero-order valence-corrected chi connectivity index (χ0v) is 11.4. The molecule has 0 spiro atoms. The summed E-state index contributed by atoms with van der Waals surface area (Å²) in [5, 5.41) is 8.18. The number of rotatable bonds is 4. The fourth-order valence-corrected chi connectivity index (χ4v) is 1.60. The summed E-state index contributed by atoms with van der Waals surface area (Å²) in [5.41, 5.74) is 0.710. The summed E-state index contributed by atoms with van der Waals surface area (Å²) < 4.78 is 30.5. The smallest absolute Gasteiger partial charge is 0.378 e. The Hall–Kier alpha value is -1.25. The van der Waals surface area contributed by atoms with Crippen molar-refractivity contribution in [3.8, 4) is 0 Å². The van der Waals surface area contributed by atoms with E-state index in [9.17, 15) is 18.4 Å². The van der Waals surface area contributed by atoms with Gasteiger partial charge in [0.05, 0.1) is 5.56 Å². The highest BCUT2D eigenvalue weighted by Gasteiger charge is 2.40. The Labute approximate surface area is 115 Å². The average Bonchev–Trinajstić information content (AvgIpc) is 2.29. The Kier molecular flexibility index (Phi) is 4.60. The first-order valence-electron chi connectivity index (χ1n) is 4.78. The standard InChI is InChI=1S/C11H9F2IO4/c1-6-2-3-7(14)4-8(6)9(15)18-5-11(12,13)10(16)17/h2-4H,5H2,1H3,(H,16,17). The molecule has 4 nitrogen and oxygen atoms in total. The van der Waals surface area contributed by atoms with Crippen molar-refractivity contribution < 1.29 is 28.2 Å². The van der Waals surface area contributed by atoms with E-state index in [1.807, 2.05) is 22.6 Å². The number of carboxylic acids is 1. The SMILES string of the molecule is Cc1ccc(I)cc1C(=O)OCC(F)(F)C(=O)O. The Morgan fingerprint density at radius 2 is 2.06 bits per heavy atom. The van der Waals surface area contributed by atoms with Crippen LogP contribution >= 0.6 is 22.6 Å². The lowest BCUT2D eigenvalue weighted by Crippen LogP contribution is -2.34. The van der Waals surface area contributed by atoms with Crippen molar-refractivity contribution in [1.82, 2.24) is 0 Å². The van der Waals surface area contributed by atoms with E-state index < -0.39 is 24.5 Å². The summed E-state index contributed by atoms with van der Waals surface area (Å²) in [4.78, 5) is 21.7. The normalized spacial score (nSPS) is 11.1. The number of halogens is 3. The molecule has 1 rings (SSSR count). The van der Waals surface area contributed by atoms with Gasteiger partial charge in [-0.15, -0.1) is 0 Å². The molecule has 0 bridgehead atoms. The summed E-state index contributed by atoms with van der Waals surface area (Å²) in [6.07, 6.45) is 0. The van der Waals surface area contributed by atoms with Crippen LogP contribution in [0.1, 0.15) is 15.9 Å². The first-order valence-corrected chi connectivity index (χ1v) is 5.86. The van der Waals surface area contributed by atoms with Crippen LogP contribution in [0, 0.1) is 10.5 Å². The van der Waals surface area contributed by atoms with Crippen LogP contribution in [0.25, 0.3) is 0 Å². The van der Waals surface area contributed by atoms with Crippen LogP contribution in [-0.4, -0.2) is 29.6 Å². The summed E-state index contributed by atoms with van der Waals surface area (Å²) in [6, 6.07) is 4.88. The molecule has 0 fully saturated rings. The number of aliphatic carboxylic acids is 1. The van der Waals surface area contributed by atoms with E-state index in [4.69, 9.17) is 5.11 Å². The summed E-state index contributed by atoms with van der Waals surface area (Å²) >= 11 is 1.96. The van der Waals surface area contributed by atoms with Gasteiger partial charge in [0.15, 0.2) is 6.61 Å². The Morgan fingerprint density at radius 3 is 2.61 bits per heavy atom. The van der Waals surface area contributed by atoms with Crippen molar-refractivity contribution in [1.29, 1.82) is 0 Å². The van der Waals surface area contributed by atoms with Crippen LogP contribution in [-0.2, 0) is 9.53 Å². The second-order valence-corrected chi connectivity index (χ2v) is 4.79. The number of hydrogen-bond acceptors (Lipinski definition) is 3. The Morgan fingerprint density at radius 1 is 1.44 bits per heavy atom. The van der Waals surface area contributed by atoms with Crippen LogP contribution in [0.15, 0.2) is 18.2 Å². The zero-order valence-electron chi connectivity index (χ0n) is 9.25. The second kappa shape index (κ2) is 5.59. The number of carbonyl (C=O) groups is 2. The molecule has 0 radical (unpaired) electrons. The molecule has 0 atom stereocenters. The van der Waals surface area contributed by atoms with Gasteiger partial charge in [0, 0.05) is 3.57 Å². The number of benzene rings is 1. The van der Waals surface area contributed by atoms with Gasteiger partial charge >= 0.3 is 17.9 Å². The zero-order chi connectivity index (χ0) is 13.9. The Bertz CT molecular complexity index is 488. The van der Waals surface area contributed by atoms with Gasteiger partial charge in [-0.05, 0) is 47.2 Å². The lowest BCUT2D eigenvalue weighted by molar-refractivity contribution is -0.170. The maximum absolute atomic E-state index is 12.7. The molecule has 0 aliphatic rings. The fourth-order valence-electron chi connectivity index (χ4n) is 1.11. The molecule has 1 aromatic carbocycles. The van der Waals surface area contributed by atoms with E-state index >= 15 is 0 Å². The highest BCUT2D eigenvalue weighted by Crippen LogP contribution is 2.17. The molecule has 18 heavy (non-hydrogen) atoms. The third-order valence-corrected chi connectivity index (χ3v) is 2.79. The van der Waals surface area contributed by atoms with Gasteiger partial charge in [-0.25, -0.2) is 9.59 Å². The molecule has 0 aliphatic carbocycles. The molecular formula is C11H9F2IO4. The topological polar surface area (TPSA) is 63.6 Å². The van der Waals surface area contributed by atoms with Crippen molar-refractivity contribution in [2.75, 3.05) is 6.61 Å². The van der Waals surface area contributed by atoms with Gasteiger partial charge in [0.25, 0.3) is 0 Å². The highest BCUT2D eigenvalue weighted by molar-refractivity contribution is 14.1. The lowest BCUT2D eigenvalue weighted by atomic mass is 10.1. The lowest BCUT2D eigenvalue weighted by Gasteiger charge is -2.12. The number of alkyl halides is 2. The maximum atomic E-state index is 12.7. The summed E-state index contributed by atoms with van der Waals surface area (Å²) in [5.74, 6) is -7.37. The van der Waals surface area contributed by atoms with Crippen LogP contribution in [0.4, 0.5) is 8.78 Å². The molecule has 0 saturated carbocycles. The van der Waals surface area contributed by atoms with Crippen molar-refractivity contribution >= 4 is 34.5 Å². The van der Waals surface area contributed by atoms with Gasteiger partial charge < -0.3 is 9.84 Å². The third-order valence-electron chi connectivity index (χ3n) is 2.12. The molecule has 0 saturated heterocycles. The van der Waals surface area contributed by atoms with E-state index in [0.717, 1.165) is 3.57 Å². The predicted octanol–water partition coefficient (Wildman–Crippen LogP) is 2.48. The summed E-state index contributed by atoms with van der Waals surface area (Å²) in [7, 11) is 0. The van der Waals surface area contributed by atoms with Gasteiger partial charge in [-0.2, -0.15) is 8.78 Å². The predicted molar refractivity (Wildman–Crippen MR) is 66.8 cm³/mol. The number of carbonyl (C=O) groups excluding carboxylic acids is 1. The van der Waals surface area contributed by atoms with Crippen LogP contribution in [0.2, 0.25) is 0 Å². The summed E-state index contributed by atoms with van der Waals surface area (Å²) in [6.45, 7) is 0.147. The largest absolute Gasteiger partial charge is 0.477 e. The van der Waals surface area contributed by atoms with Crippen LogP contribution in [0.3, 0.4) is 0 Å². The number of hydrogen-bond donors (Lipinski definition) is 1. The molecular weight excluding hydrogens is 361 g/mol. The first kappa shape index (κ1) is 14.8. The van der Waals surface area contributed by atoms with Gasteiger partial charge in [-0.1, -0.05) is 6.07 Å². The van der Waals surface area contributed by atoms with Crippen LogP contribution < -0.4 is 0 Å². The third kappa shape index (κ3) is 3.62. The Balaban J connectivity index is 2.78. The molecule has 0 amide bonds. The number of ether oxygens (including phenoxy) is 1. The molecule has 98 valence electrons. The van der Waals surface area contributed by atoms with Crippen LogP contribution in [0.5, 0.6) is 0 Å². The highest BCUT2D eigenvalue weighted by atomic mass is 127. The first-order chi connectivity index (χ1) is 8.24. The minimum atomic E-state index is -4.08. The number of aryl methyl sites for hydroxylation is 1. The molecule has 0 aliphatic heterocycles. The van der Waals surface area contributed by atoms with E-state index in [0.29, 0.717) is 5.56 Å². The maximum Gasteiger partial charge on any atom is 0.378 e. The van der Waals surface area contributed by atoms with Gasteiger partial charge in [0.2, 0.25) is 0 Å². The molecule has 0 unspecified atom stereocenters. The average molecular weight is 370 g/mol. The van der Waals surface area contributed by atoms with Gasteiger partial charge in [-0.3, -0.25) is 0 Å². The monoisotopic (exact) mass is 370 g/mol. The van der Waals surface area contributed by atoms with E-state index in [1.54, 1.807) is 19.1 Å². The minimum Gasteiger partial charge on any atom is -0.477 e. The second-order valence-electron chi connectivity index (χ2n) is 3.54. The van der Waals surface area contributed by atoms with Crippen molar-refractivity contribution in [3.63, 3.8) is 0 Å². The molecule has 1 aromatic rings. The molecule has 0 heterocycles.